The third-order valence-corrected chi connectivity index (χ3v) is 6.62. The predicted molar refractivity (Wildman–Crippen MR) is 114 cm³/mol. The molecule has 0 spiro atoms. The van der Waals surface area contributed by atoms with Gasteiger partial charge in [0.15, 0.2) is 0 Å². The van der Waals surface area contributed by atoms with Crippen LogP contribution in [0.25, 0.3) is 0 Å². The zero-order valence-corrected chi connectivity index (χ0v) is 19.1. The number of nitrogens with one attached hydrogen (secondary N) is 1. The Morgan fingerprint density at radius 3 is 2.34 bits per heavy atom. The summed E-state index contributed by atoms with van der Waals surface area (Å²) in [5, 5.41) is -1.10. The number of carbonyl (C=O) groups is 1. The minimum atomic E-state index is -4.89. The Kier molecular flexibility index (Phi) is 6.92. The van der Waals surface area contributed by atoms with Gasteiger partial charge in [0.25, 0.3) is 10.0 Å². The Morgan fingerprint density at radius 1 is 1.00 bits per heavy atom. The van der Waals surface area contributed by atoms with Gasteiger partial charge in [-0.25, -0.2) is 18.4 Å². The lowest BCUT2D eigenvalue weighted by molar-refractivity contribution is -0.137. The number of ketones is 1. The number of hydrogen-bond donors (Lipinski definition) is 1. The fourth-order valence-corrected chi connectivity index (χ4v) is 4.33. The molecule has 32 heavy (non-hydrogen) atoms. The number of benzene rings is 1. The summed E-state index contributed by atoms with van der Waals surface area (Å²) in [6, 6.07) is 4.33. The van der Waals surface area contributed by atoms with E-state index >= 15 is 0 Å². The summed E-state index contributed by atoms with van der Waals surface area (Å²) in [5.74, 6) is -0.833. The molecular weight excluding hydrogens is 537 g/mol. The van der Waals surface area contributed by atoms with Crippen LogP contribution in [0, 0.1) is 0 Å². The van der Waals surface area contributed by atoms with Crippen LogP contribution < -0.4 is 4.72 Å². The first kappa shape index (κ1) is 24.5. The Balaban J connectivity index is 2.07. The van der Waals surface area contributed by atoms with Gasteiger partial charge in [0.05, 0.1) is 31.2 Å². The van der Waals surface area contributed by atoms with Gasteiger partial charge >= 0.3 is 6.18 Å². The summed E-state index contributed by atoms with van der Waals surface area (Å²) >= 11 is 23.2. The number of alkyl halides is 3. The third-order valence-electron chi connectivity index (χ3n) is 3.96. The average Bonchev–Trinajstić information content (AvgIpc) is 2.68. The highest BCUT2D eigenvalue weighted by Crippen LogP contribution is 2.36. The Labute approximate surface area is 199 Å². The van der Waals surface area contributed by atoms with E-state index < -0.39 is 48.8 Å². The van der Waals surface area contributed by atoms with Crippen molar-refractivity contribution in [1.29, 1.82) is 0 Å². The second kappa shape index (κ2) is 9.03. The highest BCUT2D eigenvalue weighted by Gasteiger charge is 2.35. The van der Waals surface area contributed by atoms with Gasteiger partial charge in [-0.2, -0.15) is 13.2 Å². The fraction of sp³-hybridized carbons (Fsp3) is 0.0556. The smallest absolute Gasteiger partial charge is 0.287 e. The van der Waals surface area contributed by atoms with Crippen molar-refractivity contribution in [2.45, 2.75) is 11.1 Å². The lowest BCUT2D eigenvalue weighted by Gasteiger charge is -2.14. The monoisotopic (exact) mass is 543 g/mol. The third kappa shape index (κ3) is 5.10. The molecular formula is C18H8Cl4F3N3O3S. The van der Waals surface area contributed by atoms with Crippen molar-refractivity contribution in [1.82, 2.24) is 9.97 Å². The summed E-state index contributed by atoms with van der Waals surface area (Å²) in [6.07, 6.45) is -2.61. The van der Waals surface area contributed by atoms with Crippen LogP contribution in [0.15, 0.2) is 47.6 Å². The molecule has 0 bridgehead atoms. The molecule has 168 valence electrons. The molecule has 0 radical (unpaired) electrons. The van der Waals surface area contributed by atoms with E-state index in [9.17, 15) is 26.4 Å². The molecule has 0 saturated heterocycles. The zero-order valence-electron chi connectivity index (χ0n) is 15.2. The molecule has 0 amide bonds. The maximum Gasteiger partial charge on any atom is 0.417 e. The molecule has 0 fully saturated rings. The van der Waals surface area contributed by atoms with Crippen LogP contribution in [0.4, 0.5) is 18.9 Å². The topological polar surface area (TPSA) is 89.0 Å². The number of carbonyl (C=O) groups excluding carboxylic acids is 1. The van der Waals surface area contributed by atoms with E-state index in [-0.39, 0.29) is 20.8 Å². The maximum absolute atomic E-state index is 13.1. The molecule has 2 aromatic heterocycles. The molecule has 0 aliphatic heterocycles. The number of rotatable bonds is 5. The summed E-state index contributed by atoms with van der Waals surface area (Å²) in [6.45, 7) is 0. The van der Waals surface area contributed by atoms with Crippen molar-refractivity contribution in [2.75, 3.05) is 4.72 Å². The standard InChI is InChI=1S/C18H8Cl4F3N3O3S/c19-8-5-13(15(27-7-8)16(29)10-3-4-26-17(22)14(10)21)28-32(30,31)9-1-2-12(20)11(6-9)18(23,24)25/h1-7,28H. The number of sulfonamides is 1. The van der Waals surface area contributed by atoms with Crippen molar-refractivity contribution in [3.8, 4) is 0 Å². The first-order valence-corrected chi connectivity index (χ1v) is 11.2. The summed E-state index contributed by atoms with van der Waals surface area (Å²) in [4.78, 5) is 19.7. The number of pyridine rings is 2. The molecule has 0 atom stereocenters. The number of nitrogens with zero attached hydrogens (tertiary/aromatic N) is 2. The molecule has 3 rings (SSSR count). The van der Waals surface area contributed by atoms with E-state index in [2.05, 4.69) is 9.97 Å². The average molecular weight is 545 g/mol. The van der Waals surface area contributed by atoms with E-state index in [4.69, 9.17) is 46.4 Å². The normalized spacial score (nSPS) is 12.0. The molecule has 0 saturated carbocycles. The van der Waals surface area contributed by atoms with E-state index in [1.165, 1.54) is 12.3 Å². The number of aromatic nitrogens is 2. The largest absolute Gasteiger partial charge is 0.417 e. The van der Waals surface area contributed by atoms with Gasteiger partial charge in [-0.05, 0) is 30.3 Å². The van der Waals surface area contributed by atoms with Gasteiger partial charge in [0.1, 0.15) is 10.8 Å². The molecule has 1 N–H and O–H groups in total. The second-order valence-electron chi connectivity index (χ2n) is 6.09. The molecule has 2 heterocycles. The van der Waals surface area contributed by atoms with E-state index in [0.29, 0.717) is 6.07 Å². The van der Waals surface area contributed by atoms with Crippen molar-refractivity contribution >= 4 is 67.9 Å². The van der Waals surface area contributed by atoms with E-state index in [0.717, 1.165) is 24.4 Å². The lowest BCUT2D eigenvalue weighted by atomic mass is 10.1. The van der Waals surface area contributed by atoms with Gasteiger partial charge < -0.3 is 0 Å². The summed E-state index contributed by atoms with van der Waals surface area (Å²) in [7, 11) is -4.62. The highest BCUT2D eigenvalue weighted by molar-refractivity contribution is 7.92. The second-order valence-corrected chi connectivity index (χ2v) is 9.35. The summed E-state index contributed by atoms with van der Waals surface area (Å²) in [5.41, 5.74) is -2.30. The van der Waals surface area contributed by atoms with Crippen LogP contribution in [0.1, 0.15) is 21.6 Å². The molecule has 1 aromatic carbocycles. The van der Waals surface area contributed by atoms with Gasteiger partial charge in [-0.3, -0.25) is 9.52 Å². The van der Waals surface area contributed by atoms with Crippen LogP contribution in [0.5, 0.6) is 0 Å². The van der Waals surface area contributed by atoms with Crippen molar-refractivity contribution < 1.29 is 26.4 Å². The minimum absolute atomic E-state index is 0.0507. The van der Waals surface area contributed by atoms with Crippen LogP contribution in [-0.2, 0) is 16.2 Å². The van der Waals surface area contributed by atoms with Gasteiger partial charge in [-0.1, -0.05) is 46.4 Å². The van der Waals surface area contributed by atoms with Crippen LogP contribution >= 0.6 is 46.4 Å². The summed E-state index contributed by atoms with van der Waals surface area (Å²) < 4.78 is 67.0. The maximum atomic E-state index is 13.1. The van der Waals surface area contributed by atoms with Crippen molar-refractivity contribution in [3.05, 3.63) is 79.8 Å². The Morgan fingerprint density at radius 2 is 1.69 bits per heavy atom. The molecule has 14 heteroatoms. The number of hydrogen-bond acceptors (Lipinski definition) is 5. The molecule has 0 unspecified atom stereocenters. The van der Waals surface area contributed by atoms with Crippen molar-refractivity contribution in [2.24, 2.45) is 0 Å². The quantitative estimate of drug-likeness (QED) is 0.308. The lowest BCUT2D eigenvalue weighted by Crippen LogP contribution is -2.18. The number of anilines is 1. The SMILES string of the molecule is O=C(c1ccnc(Cl)c1Cl)c1ncc(Cl)cc1NS(=O)(=O)c1ccc(Cl)c(C(F)(F)F)c1. The first-order valence-electron chi connectivity index (χ1n) is 8.21. The minimum Gasteiger partial charge on any atom is -0.287 e. The number of halogens is 7. The predicted octanol–water partition coefficient (Wildman–Crippen LogP) is 6.14. The zero-order chi connectivity index (χ0) is 23.8. The van der Waals surface area contributed by atoms with Gasteiger partial charge in [0.2, 0.25) is 5.78 Å². The van der Waals surface area contributed by atoms with E-state index in [1.807, 2.05) is 4.72 Å². The Hall–Kier alpha value is -2.11. The molecule has 6 nitrogen and oxygen atoms in total. The highest BCUT2D eigenvalue weighted by atomic mass is 35.5. The Bertz CT molecular complexity index is 1330. The molecule has 0 aliphatic rings. The van der Waals surface area contributed by atoms with Crippen LogP contribution in [-0.4, -0.2) is 24.2 Å². The molecule has 3 aromatic rings. The van der Waals surface area contributed by atoms with Gasteiger partial charge in [-0.15, -0.1) is 0 Å². The van der Waals surface area contributed by atoms with Crippen LogP contribution in [0.2, 0.25) is 20.2 Å². The van der Waals surface area contributed by atoms with E-state index in [1.54, 1.807) is 0 Å². The van der Waals surface area contributed by atoms with Crippen LogP contribution in [0.3, 0.4) is 0 Å². The molecule has 0 aliphatic carbocycles. The van der Waals surface area contributed by atoms with Gasteiger partial charge in [0, 0.05) is 18.0 Å². The van der Waals surface area contributed by atoms with Crippen molar-refractivity contribution in [3.63, 3.8) is 0 Å². The first-order chi connectivity index (χ1) is 14.8. The fourth-order valence-electron chi connectivity index (χ4n) is 2.51.